The molecule has 6 nitrogen and oxygen atoms in total. The van der Waals surface area contributed by atoms with Crippen molar-refractivity contribution in [3.63, 3.8) is 0 Å². The van der Waals surface area contributed by atoms with Crippen molar-refractivity contribution >= 4 is 11.8 Å². The predicted octanol–water partition coefficient (Wildman–Crippen LogP) is 0.497. The molecule has 1 fully saturated rings. The van der Waals surface area contributed by atoms with Crippen LogP contribution in [0.3, 0.4) is 0 Å². The summed E-state index contributed by atoms with van der Waals surface area (Å²) in [5.41, 5.74) is 0.509. The van der Waals surface area contributed by atoms with E-state index < -0.39 is 0 Å². The van der Waals surface area contributed by atoms with Gasteiger partial charge in [0.1, 0.15) is 6.10 Å². The van der Waals surface area contributed by atoms with Crippen molar-refractivity contribution in [3.05, 3.63) is 30.1 Å². The summed E-state index contributed by atoms with van der Waals surface area (Å²) in [5.74, 6) is -0.290. The third-order valence-corrected chi connectivity index (χ3v) is 3.11. The maximum absolute atomic E-state index is 11.8. The van der Waals surface area contributed by atoms with Gasteiger partial charge in [-0.05, 0) is 31.4 Å². The highest BCUT2D eigenvalue weighted by Gasteiger charge is 2.21. The minimum absolute atomic E-state index is 0.0969. The van der Waals surface area contributed by atoms with Gasteiger partial charge >= 0.3 is 0 Å². The van der Waals surface area contributed by atoms with E-state index in [1.54, 1.807) is 18.3 Å². The first-order valence-electron chi connectivity index (χ1n) is 6.85. The van der Waals surface area contributed by atoms with Crippen molar-refractivity contribution in [2.45, 2.75) is 25.4 Å². The van der Waals surface area contributed by atoms with E-state index >= 15 is 0 Å². The molecule has 20 heavy (non-hydrogen) atoms. The lowest BCUT2D eigenvalue weighted by molar-refractivity contribution is -0.135. The molecular weight excluding hydrogens is 258 g/mol. The second-order valence-electron chi connectivity index (χ2n) is 4.64. The number of aromatic nitrogens is 1. The molecule has 108 valence electrons. The highest BCUT2D eigenvalue weighted by Crippen LogP contribution is 2.12. The highest BCUT2D eigenvalue weighted by molar-refractivity contribution is 5.93. The Kier molecular flexibility index (Phi) is 5.49. The first-order valence-corrected chi connectivity index (χ1v) is 6.85. The average Bonchev–Trinajstić information content (AvgIpc) is 2.53. The zero-order valence-electron chi connectivity index (χ0n) is 11.3. The lowest BCUT2D eigenvalue weighted by Gasteiger charge is -2.21. The Morgan fingerprint density at radius 2 is 2.15 bits per heavy atom. The summed E-state index contributed by atoms with van der Waals surface area (Å²) in [5, 5.41) is 5.49. The lowest BCUT2D eigenvalue weighted by Crippen LogP contribution is -2.41. The van der Waals surface area contributed by atoms with Crippen molar-refractivity contribution < 1.29 is 14.3 Å². The van der Waals surface area contributed by atoms with Gasteiger partial charge in [0.15, 0.2) is 0 Å². The van der Waals surface area contributed by atoms with Crippen LogP contribution in [-0.2, 0) is 9.53 Å². The van der Waals surface area contributed by atoms with E-state index in [1.807, 2.05) is 0 Å². The van der Waals surface area contributed by atoms with Crippen molar-refractivity contribution in [2.75, 3.05) is 19.7 Å². The van der Waals surface area contributed by atoms with Crippen LogP contribution in [0.4, 0.5) is 0 Å². The van der Waals surface area contributed by atoms with Gasteiger partial charge in [0, 0.05) is 32.1 Å². The van der Waals surface area contributed by atoms with Crippen LogP contribution in [-0.4, -0.2) is 42.6 Å². The predicted molar refractivity (Wildman–Crippen MR) is 73.2 cm³/mol. The van der Waals surface area contributed by atoms with Crippen LogP contribution in [0, 0.1) is 0 Å². The number of nitrogens with one attached hydrogen (secondary N) is 2. The van der Waals surface area contributed by atoms with Crippen LogP contribution in [0.5, 0.6) is 0 Å². The molecule has 0 saturated carbocycles. The summed E-state index contributed by atoms with van der Waals surface area (Å²) in [6.07, 6.45) is 5.59. The lowest BCUT2D eigenvalue weighted by atomic mass is 10.1. The Morgan fingerprint density at radius 1 is 1.30 bits per heavy atom. The van der Waals surface area contributed by atoms with Gasteiger partial charge in [0.2, 0.25) is 5.91 Å². The van der Waals surface area contributed by atoms with Gasteiger partial charge in [-0.25, -0.2) is 0 Å². The molecule has 0 aliphatic carbocycles. The Labute approximate surface area is 117 Å². The first-order chi connectivity index (χ1) is 9.77. The summed E-state index contributed by atoms with van der Waals surface area (Å²) >= 11 is 0. The third-order valence-electron chi connectivity index (χ3n) is 3.11. The van der Waals surface area contributed by atoms with Crippen LogP contribution in [0.1, 0.15) is 29.6 Å². The van der Waals surface area contributed by atoms with E-state index in [-0.39, 0.29) is 17.9 Å². The molecule has 2 heterocycles. The molecule has 1 aromatic rings. The molecular formula is C14H19N3O3. The van der Waals surface area contributed by atoms with Crippen LogP contribution in [0.25, 0.3) is 0 Å². The summed E-state index contributed by atoms with van der Waals surface area (Å²) in [7, 11) is 0. The molecule has 2 N–H and O–H groups in total. The second-order valence-corrected chi connectivity index (χ2v) is 4.64. The van der Waals surface area contributed by atoms with E-state index in [4.69, 9.17) is 4.74 Å². The van der Waals surface area contributed by atoms with Crippen molar-refractivity contribution in [2.24, 2.45) is 0 Å². The number of rotatable bonds is 5. The molecule has 2 amide bonds. The maximum atomic E-state index is 11.8. The summed E-state index contributed by atoms with van der Waals surface area (Å²) in [6, 6.07) is 3.40. The Morgan fingerprint density at radius 3 is 2.85 bits per heavy atom. The van der Waals surface area contributed by atoms with Crippen LogP contribution < -0.4 is 10.6 Å². The first kappa shape index (κ1) is 14.5. The van der Waals surface area contributed by atoms with E-state index in [0.29, 0.717) is 25.3 Å². The van der Waals surface area contributed by atoms with E-state index in [0.717, 1.165) is 19.3 Å². The molecule has 6 heteroatoms. The number of hydrogen-bond acceptors (Lipinski definition) is 4. The van der Waals surface area contributed by atoms with Crippen LogP contribution >= 0.6 is 0 Å². The maximum Gasteiger partial charge on any atom is 0.252 e. The largest absolute Gasteiger partial charge is 0.368 e. The Hall–Kier alpha value is -1.95. The molecule has 0 unspecified atom stereocenters. The fraction of sp³-hybridized carbons (Fsp3) is 0.500. The molecule has 1 atom stereocenters. The molecule has 0 aromatic carbocycles. The van der Waals surface area contributed by atoms with Crippen molar-refractivity contribution in [3.8, 4) is 0 Å². The molecule has 1 aliphatic heterocycles. The quantitative estimate of drug-likeness (QED) is 0.768. The molecule has 2 rings (SSSR count). The smallest absolute Gasteiger partial charge is 0.252 e. The molecule has 0 spiro atoms. The minimum atomic E-state index is -0.335. The van der Waals surface area contributed by atoms with Gasteiger partial charge in [-0.3, -0.25) is 14.6 Å². The van der Waals surface area contributed by atoms with Gasteiger partial charge in [-0.1, -0.05) is 0 Å². The normalized spacial score (nSPS) is 18.3. The number of ether oxygens (including phenoxy) is 1. The second kappa shape index (κ2) is 7.59. The number of carbonyl (C=O) groups is 2. The van der Waals surface area contributed by atoms with Gasteiger partial charge in [0.05, 0.1) is 5.56 Å². The monoisotopic (exact) mass is 277 g/mol. The minimum Gasteiger partial charge on any atom is -0.368 e. The molecule has 0 radical (unpaired) electrons. The van der Waals surface area contributed by atoms with E-state index in [1.165, 1.54) is 6.20 Å². The van der Waals surface area contributed by atoms with Crippen molar-refractivity contribution in [1.29, 1.82) is 0 Å². The molecule has 1 aliphatic rings. The Bertz CT molecular complexity index is 444. The Balaban J connectivity index is 1.64. The summed E-state index contributed by atoms with van der Waals surface area (Å²) in [4.78, 5) is 27.3. The summed E-state index contributed by atoms with van der Waals surface area (Å²) in [6.45, 7) is 1.42. The third kappa shape index (κ3) is 4.31. The van der Waals surface area contributed by atoms with Gasteiger partial charge in [-0.2, -0.15) is 0 Å². The number of amides is 2. The van der Waals surface area contributed by atoms with E-state index in [2.05, 4.69) is 15.6 Å². The highest BCUT2D eigenvalue weighted by atomic mass is 16.5. The fourth-order valence-electron chi connectivity index (χ4n) is 2.02. The molecule has 1 saturated heterocycles. The zero-order chi connectivity index (χ0) is 14.2. The van der Waals surface area contributed by atoms with Crippen LogP contribution in [0.15, 0.2) is 24.5 Å². The SMILES string of the molecule is O=C(NCCNC(=O)[C@@H]1CCCCO1)c1cccnc1. The van der Waals surface area contributed by atoms with Gasteiger partial charge in [-0.15, -0.1) is 0 Å². The van der Waals surface area contributed by atoms with Gasteiger partial charge in [0.25, 0.3) is 5.91 Å². The standard InChI is InChI=1S/C14H19N3O3/c18-13(11-4-3-6-15-10-11)16-7-8-17-14(19)12-5-1-2-9-20-12/h3-4,6,10,12H,1-2,5,7-9H2,(H,16,18)(H,17,19)/t12-/m0/s1. The zero-order valence-corrected chi connectivity index (χ0v) is 11.3. The van der Waals surface area contributed by atoms with Crippen LogP contribution in [0.2, 0.25) is 0 Å². The average molecular weight is 277 g/mol. The van der Waals surface area contributed by atoms with Crippen molar-refractivity contribution in [1.82, 2.24) is 15.6 Å². The fourth-order valence-corrected chi connectivity index (χ4v) is 2.02. The molecule has 1 aromatic heterocycles. The number of hydrogen-bond donors (Lipinski definition) is 2. The van der Waals surface area contributed by atoms with Gasteiger partial charge < -0.3 is 15.4 Å². The number of pyridine rings is 1. The number of carbonyl (C=O) groups excluding carboxylic acids is 2. The topological polar surface area (TPSA) is 80.3 Å². The summed E-state index contributed by atoms with van der Waals surface area (Å²) < 4.78 is 5.38. The molecule has 0 bridgehead atoms. The van der Waals surface area contributed by atoms with E-state index in [9.17, 15) is 9.59 Å². The number of nitrogens with zero attached hydrogens (tertiary/aromatic N) is 1.